The molecule has 0 aromatic heterocycles. The number of carbonyl (C=O) groups excluding carboxylic acids is 1. The number of likely N-dealkylation sites (tertiary alicyclic amines) is 1. The number of rotatable bonds is 5. The van der Waals surface area contributed by atoms with Crippen LogP contribution >= 0.6 is 0 Å². The lowest BCUT2D eigenvalue weighted by atomic mass is 9.73. The topological polar surface area (TPSA) is 76.2 Å². The highest BCUT2D eigenvalue weighted by molar-refractivity contribution is 7.88. The molecule has 0 N–H and O–H groups in total. The summed E-state index contributed by atoms with van der Waals surface area (Å²) in [6, 6.07) is 4.15. The molecule has 1 aromatic rings. The van der Waals surface area contributed by atoms with Crippen molar-refractivity contribution in [3.63, 3.8) is 0 Å². The van der Waals surface area contributed by atoms with Crippen molar-refractivity contribution < 1.29 is 27.1 Å². The van der Waals surface area contributed by atoms with Gasteiger partial charge in [0.15, 0.2) is 11.6 Å². The van der Waals surface area contributed by atoms with Crippen LogP contribution in [0.4, 0.5) is 4.39 Å². The van der Waals surface area contributed by atoms with E-state index >= 15 is 0 Å². The first-order valence-corrected chi connectivity index (χ1v) is 10.6. The Morgan fingerprint density at radius 3 is 2.67 bits per heavy atom. The van der Waals surface area contributed by atoms with E-state index in [0.29, 0.717) is 39.2 Å². The Kier molecular flexibility index (Phi) is 5.47. The van der Waals surface area contributed by atoms with Crippen molar-refractivity contribution in [1.82, 2.24) is 9.21 Å². The Labute approximate surface area is 159 Å². The molecule has 0 saturated carbocycles. The average Bonchev–Trinajstić information content (AvgIpc) is 3.00. The molecule has 27 heavy (non-hydrogen) atoms. The van der Waals surface area contributed by atoms with Gasteiger partial charge in [0.25, 0.3) is 5.91 Å². The van der Waals surface area contributed by atoms with Crippen LogP contribution in [0.15, 0.2) is 18.2 Å². The number of sulfonamides is 1. The first-order valence-electron chi connectivity index (χ1n) is 8.77. The number of methoxy groups -OCH3 is 2. The van der Waals surface area contributed by atoms with E-state index in [2.05, 4.69) is 0 Å². The van der Waals surface area contributed by atoms with E-state index in [1.54, 1.807) is 18.1 Å². The highest BCUT2D eigenvalue weighted by Gasteiger charge is 2.52. The van der Waals surface area contributed by atoms with Crippen LogP contribution in [0.25, 0.3) is 0 Å². The van der Waals surface area contributed by atoms with Gasteiger partial charge in [-0.1, -0.05) is 0 Å². The molecule has 0 radical (unpaired) electrons. The van der Waals surface area contributed by atoms with Crippen LogP contribution in [0, 0.1) is 17.2 Å². The molecular weight excluding hydrogens is 375 g/mol. The van der Waals surface area contributed by atoms with Crippen molar-refractivity contribution in [3.05, 3.63) is 29.6 Å². The number of halogens is 1. The van der Waals surface area contributed by atoms with Gasteiger partial charge in [0.1, 0.15) is 0 Å². The number of ether oxygens (including phenoxy) is 2. The van der Waals surface area contributed by atoms with E-state index in [9.17, 15) is 17.6 Å². The quantitative estimate of drug-likeness (QED) is 0.743. The zero-order valence-corrected chi connectivity index (χ0v) is 16.6. The van der Waals surface area contributed by atoms with Gasteiger partial charge in [-0.05, 0) is 30.5 Å². The SMILES string of the molecule is COCC12CCN(C(=O)c3ccc(OC)c(F)c3)CC1CN(S(C)(=O)=O)C2. The number of piperidine rings is 1. The Hall–Kier alpha value is -1.71. The summed E-state index contributed by atoms with van der Waals surface area (Å²) in [4.78, 5) is 14.5. The van der Waals surface area contributed by atoms with Gasteiger partial charge < -0.3 is 14.4 Å². The smallest absolute Gasteiger partial charge is 0.253 e. The molecule has 2 saturated heterocycles. The Bertz CT molecular complexity index is 831. The summed E-state index contributed by atoms with van der Waals surface area (Å²) in [6.07, 6.45) is 1.84. The van der Waals surface area contributed by atoms with E-state index in [-0.39, 0.29) is 28.6 Å². The molecule has 7 nitrogen and oxygen atoms in total. The lowest BCUT2D eigenvalue weighted by Crippen LogP contribution is -2.50. The van der Waals surface area contributed by atoms with E-state index in [0.717, 1.165) is 0 Å². The van der Waals surface area contributed by atoms with Crippen LogP contribution in [-0.2, 0) is 14.8 Å². The molecule has 0 aliphatic carbocycles. The molecule has 2 atom stereocenters. The van der Waals surface area contributed by atoms with Crippen LogP contribution in [0.2, 0.25) is 0 Å². The molecule has 2 aliphatic rings. The molecule has 2 heterocycles. The molecule has 150 valence electrons. The molecule has 2 fully saturated rings. The van der Waals surface area contributed by atoms with Crippen molar-refractivity contribution >= 4 is 15.9 Å². The number of hydrogen-bond acceptors (Lipinski definition) is 5. The Morgan fingerprint density at radius 2 is 2.07 bits per heavy atom. The van der Waals surface area contributed by atoms with Crippen LogP contribution in [-0.4, -0.2) is 76.8 Å². The number of amides is 1. The van der Waals surface area contributed by atoms with Gasteiger partial charge in [0, 0.05) is 44.3 Å². The number of nitrogens with zero attached hydrogens (tertiary/aromatic N) is 2. The summed E-state index contributed by atoms with van der Waals surface area (Å²) in [5.74, 6) is -0.782. The molecular formula is C18H25FN2O5S. The summed E-state index contributed by atoms with van der Waals surface area (Å²) >= 11 is 0. The molecule has 0 bridgehead atoms. The Morgan fingerprint density at radius 1 is 1.33 bits per heavy atom. The minimum Gasteiger partial charge on any atom is -0.494 e. The maximum atomic E-state index is 14.0. The molecule has 3 rings (SSSR count). The maximum Gasteiger partial charge on any atom is 0.253 e. The van der Waals surface area contributed by atoms with Crippen molar-refractivity contribution in [2.24, 2.45) is 11.3 Å². The summed E-state index contributed by atoms with van der Waals surface area (Å²) in [5, 5.41) is 0. The average molecular weight is 400 g/mol. The summed E-state index contributed by atoms with van der Waals surface area (Å²) in [6.45, 7) is 2.11. The predicted molar refractivity (Wildman–Crippen MR) is 97.7 cm³/mol. The van der Waals surface area contributed by atoms with Crippen LogP contribution in [0.5, 0.6) is 5.75 Å². The van der Waals surface area contributed by atoms with Gasteiger partial charge in [-0.25, -0.2) is 17.1 Å². The van der Waals surface area contributed by atoms with E-state index in [1.165, 1.54) is 29.8 Å². The van der Waals surface area contributed by atoms with Crippen LogP contribution < -0.4 is 4.74 Å². The van der Waals surface area contributed by atoms with Crippen molar-refractivity contribution in [2.75, 3.05) is 53.3 Å². The maximum absolute atomic E-state index is 14.0. The second-order valence-electron chi connectivity index (χ2n) is 7.40. The molecule has 1 amide bonds. The fourth-order valence-corrected chi connectivity index (χ4v) is 5.12. The highest BCUT2D eigenvalue weighted by Crippen LogP contribution is 2.44. The third kappa shape index (κ3) is 3.81. The van der Waals surface area contributed by atoms with Gasteiger partial charge in [-0.15, -0.1) is 0 Å². The summed E-state index contributed by atoms with van der Waals surface area (Å²) in [5.41, 5.74) is -0.0368. The molecule has 0 spiro atoms. The number of fused-ring (bicyclic) bond motifs is 1. The van der Waals surface area contributed by atoms with Gasteiger partial charge in [0.2, 0.25) is 10.0 Å². The van der Waals surface area contributed by atoms with E-state index < -0.39 is 15.8 Å². The zero-order valence-electron chi connectivity index (χ0n) is 15.8. The monoisotopic (exact) mass is 400 g/mol. The van der Waals surface area contributed by atoms with Crippen LogP contribution in [0.3, 0.4) is 0 Å². The van der Waals surface area contributed by atoms with Gasteiger partial charge in [0.05, 0.1) is 20.0 Å². The normalized spacial score (nSPS) is 26.1. The lowest BCUT2D eigenvalue weighted by molar-refractivity contribution is 0.00340. The number of carbonyl (C=O) groups is 1. The fourth-order valence-electron chi connectivity index (χ4n) is 4.18. The first kappa shape index (κ1) is 20.0. The largest absolute Gasteiger partial charge is 0.494 e. The predicted octanol–water partition coefficient (Wildman–Crippen LogP) is 1.20. The summed E-state index contributed by atoms with van der Waals surface area (Å²) in [7, 11) is -0.337. The molecule has 1 aromatic carbocycles. The minimum atomic E-state index is -3.31. The van der Waals surface area contributed by atoms with E-state index in [1.807, 2.05) is 0 Å². The van der Waals surface area contributed by atoms with Crippen molar-refractivity contribution in [2.45, 2.75) is 6.42 Å². The standard InChI is InChI=1S/C18H25FN2O5S/c1-25-12-18-6-7-20(9-14(18)10-21(11-18)27(3,23)24)17(22)13-4-5-16(26-2)15(19)8-13/h4-5,8,14H,6-7,9-12H2,1-3H3. The second-order valence-corrected chi connectivity index (χ2v) is 9.38. The summed E-state index contributed by atoms with van der Waals surface area (Å²) < 4.78 is 49.7. The zero-order chi connectivity index (χ0) is 19.8. The first-order chi connectivity index (χ1) is 12.7. The highest BCUT2D eigenvalue weighted by atomic mass is 32.2. The van der Waals surface area contributed by atoms with Crippen LogP contribution in [0.1, 0.15) is 16.8 Å². The number of hydrogen-bond donors (Lipinski definition) is 0. The van der Waals surface area contributed by atoms with Crippen molar-refractivity contribution in [1.29, 1.82) is 0 Å². The third-order valence-electron chi connectivity index (χ3n) is 5.69. The second kappa shape index (κ2) is 7.37. The van der Waals surface area contributed by atoms with E-state index in [4.69, 9.17) is 9.47 Å². The number of benzene rings is 1. The van der Waals surface area contributed by atoms with Gasteiger partial charge in [-0.2, -0.15) is 0 Å². The fraction of sp³-hybridized carbons (Fsp3) is 0.611. The van der Waals surface area contributed by atoms with Gasteiger partial charge >= 0.3 is 0 Å². The Balaban J connectivity index is 1.80. The third-order valence-corrected chi connectivity index (χ3v) is 6.90. The minimum absolute atomic E-state index is 0.0204. The van der Waals surface area contributed by atoms with Gasteiger partial charge in [-0.3, -0.25) is 4.79 Å². The molecule has 9 heteroatoms. The molecule has 2 aliphatic heterocycles. The molecule has 2 unspecified atom stereocenters. The lowest BCUT2D eigenvalue weighted by Gasteiger charge is -2.43. The van der Waals surface area contributed by atoms with Crippen molar-refractivity contribution in [3.8, 4) is 5.75 Å².